The van der Waals surface area contributed by atoms with Crippen LogP contribution < -0.4 is 4.90 Å². The van der Waals surface area contributed by atoms with Gasteiger partial charge in [0.15, 0.2) is 6.21 Å². The lowest BCUT2D eigenvalue weighted by Crippen LogP contribution is -2.07. The zero-order chi connectivity index (χ0) is 12.0. The summed E-state index contributed by atoms with van der Waals surface area (Å²) in [7, 11) is 5.52. The molecule has 0 unspecified atom stereocenters. The number of allylic oxidation sites excluding steroid dienone is 1. The van der Waals surface area contributed by atoms with Crippen LogP contribution in [-0.4, -0.2) is 32.1 Å². The molecule has 0 heterocycles. The van der Waals surface area contributed by atoms with E-state index in [1.807, 2.05) is 26.2 Å². The average molecular weight is 218 g/mol. The van der Waals surface area contributed by atoms with E-state index in [4.69, 9.17) is 0 Å². The van der Waals surface area contributed by atoms with E-state index >= 15 is 0 Å². The predicted molar refractivity (Wildman–Crippen MR) is 70.0 cm³/mol. The highest BCUT2D eigenvalue weighted by atomic mass is 16.5. The molecule has 3 heteroatoms. The van der Waals surface area contributed by atoms with Crippen LogP contribution in [0.5, 0.6) is 0 Å². The molecule has 0 N–H and O–H groups in total. The fraction of sp³-hybridized carbons (Fsp3) is 0.308. The number of rotatable bonds is 4. The number of hydroxylamine groups is 1. The number of nitrogens with zero attached hydrogens (tertiary/aromatic N) is 2. The Hall–Kier alpha value is -1.77. The van der Waals surface area contributed by atoms with Gasteiger partial charge in [-0.05, 0) is 17.7 Å². The molecule has 86 valence electrons. The Kier molecular flexibility index (Phi) is 4.58. The van der Waals surface area contributed by atoms with Gasteiger partial charge in [-0.25, -0.2) is 4.74 Å². The highest BCUT2D eigenvalue weighted by Crippen LogP contribution is 2.13. The molecule has 3 nitrogen and oxygen atoms in total. The zero-order valence-electron chi connectivity index (χ0n) is 10.1. The highest BCUT2D eigenvalue weighted by Gasteiger charge is 1.92. The van der Waals surface area contributed by atoms with Crippen molar-refractivity contribution in [1.82, 2.24) is 0 Å². The van der Waals surface area contributed by atoms with E-state index in [0.717, 1.165) is 10.3 Å². The normalized spacial score (nSPS) is 12.1. The third kappa shape index (κ3) is 4.17. The molecule has 0 bridgehead atoms. The van der Waals surface area contributed by atoms with Gasteiger partial charge in [-0.2, -0.15) is 0 Å². The maximum atomic E-state index is 10.6. The summed E-state index contributed by atoms with van der Waals surface area (Å²) in [6.07, 6.45) is 6.23. The van der Waals surface area contributed by atoms with Gasteiger partial charge in [-0.15, -0.1) is 0 Å². The fourth-order valence-electron chi connectivity index (χ4n) is 1.30. The summed E-state index contributed by atoms with van der Waals surface area (Å²) in [4.78, 5) is 2.06. The molecule has 0 atom stereocenters. The molecule has 0 saturated heterocycles. The van der Waals surface area contributed by atoms with Crippen molar-refractivity contribution in [2.24, 2.45) is 0 Å². The lowest BCUT2D eigenvalue weighted by atomic mass is 10.2. The lowest BCUT2D eigenvalue weighted by Gasteiger charge is -2.11. The first-order chi connectivity index (χ1) is 7.59. The summed E-state index contributed by atoms with van der Waals surface area (Å²) in [5, 5.41) is 10.6. The van der Waals surface area contributed by atoms with E-state index < -0.39 is 0 Å². The molecular formula is C13H18N2O. The van der Waals surface area contributed by atoms with Gasteiger partial charge in [-0.1, -0.05) is 24.3 Å². The van der Waals surface area contributed by atoms with Crippen LogP contribution in [0, 0.1) is 5.21 Å². The Morgan fingerprint density at radius 1 is 1.25 bits per heavy atom. The molecule has 0 aromatic heterocycles. The van der Waals surface area contributed by atoms with Crippen molar-refractivity contribution in [2.75, 3.05) is 26.0 Å². The van der Waals surface area contributed by atoms with Crippen LogP contribution in [0.4, 0.5) is 5.69 Å². The van der Waals surface area contributed by atoms with Gasteiger partial charge in [0.1, 0.15) is 7.05 Å². The molecule has 0 radical (unpaired) electrons. The molecule has 0 aliphatic rings. The first-order valence-electron chi connectivity index (χ1n) is 5.27. The highest BCUT2D eigenvalue weighted by molar-refractivity contribution is 5.60. The van der Waals surface area contributed by atoms with Crippen molar-refractivity contribution < 1.29 is 4.74 Å². The molecule has 1 rings (SSSR count). The molecule has 0 amide bonds. The molecule has 1 aromatic carbocycles. The first-order valence-corrected chi connectivity index (χ1v) is 5.27. The molecule has 0 saturated carbocycles. The Morgan fingerprint density at radius 3 is 2.38 bits per heavy atom. The number of hydrogen-bond acceptors (Lipinski definition) is 2. The Labute approximate surface area is 96.9 Å². The molecule has 16 heavy (non-hydrogen) atoms. The second kappa shape index (κ2) is 5.95. The second-order valence-corrected chi connectivity index (χ2v) is 3.85. The monoisotopic (exact) mass is 218 g/mol. The van der Waals surface area contributed by atoms with Crippen molar-refractivity contribution in [2.45, 2.75) is 6.42 Å². The largest absolute Gasteiger partial charge is 0.624 e. The van der Waals surface area contributed by atoms with Crippen LogP contribution >= 0.6 is 0 Å². The molecular weight excluding hydrogens is 200 g/mol. The summed E-state index contributed by atoms with van der Waals surface area (Å²) in [5.74, 6) is 0. The standard InChI is InChI=1S/C13H18N2O/c1-14(2)13-9-7-12(8-10-13)6-4-5-11-15(3)16/h4,6-11H,5H2,1-3H3. The van der Waals surface area contributed by atoms with E-state index in [9.17, 15) is 5.21 Å². The van der Waals surface area contributed by atoms with Gasteiger partial charge in [0.25, 0.3) is 0 Å². The third-order valence-corrected chi connectivity index (χ3v) is 2.22. The topological polar surface area (TPSA) is 29.3 Å². The quantitative estimate of drug-likeness (QED) is 0.336. The minimum atomic E-state index is 0.662. The van der Waals surface area contributed by atoms with Crippen LogP contribution in [-0.2, 0) is 0 Å². The SMILES string of the molecule is CN(C)c1ccc(C=CCC=[N+](C)[O-])cc1. The van der Waals surface area contributed by atoms with Gasteiger partial charge in [-0.3, -0.25) is 0 Å². The van der Waals surface area contributed by atoms with E-state index in [1.54, 1.807) is 6.21 Å². The van der Waals surface area contributed by atoms with Crippen LogP contribution in [0.2, 0.25) is 0 Å². The van der Waals surface area contributed by atoms with Crippen LogP contribution in [0.1, 0.15) is 12.0 Å². The number of anilines is 1. The maximum absolute atomic E-state index is 10.6. The average Bonchev–Trinajstić information content (AvgIpc) is 2.25. The van der Waals surface area contributed by atoms with Gasteiger partial charge in [0.05, 0.1) is 0 Å². The van der Waals surface area contributed by atoms with Crippen molar-refractivity contribution in [3.63, 3.8) is 0 Å². The lowest BCUT2D eigenvalue weighted by molar-refractivity contribution is -0.418. The second-order valence-electron chi connectivity index (χ2n) is 3.85. The Morgan fingerprint density at radius 2 is 1.88 bits per heavy atom. The van der Waals surface area contributed by atoms with E-state index in [0.29, 0.717) is 6.42 Å². The van der Waals surface area contributed by atoms with Gasteiger partial charge < -0.3 is 10.1 Å². The van der Waals surface area contributed by atoms with E-state index in [1.165, 1.54) is 12.7 Å². The zero-order valence-corrected chi connectivity index (χ0v) is 10.1. The van der Waals surface area contributed by atoms with Crippen molar-refractivity contribution in [3.8, 4) is 0 Å². The van der Waals surface area contributed by atoms with Gasteiger partial charge >= 0.3 is 0 Å². The van der Waals surface area contributed by atoms with E-state index in [-0.39, 0.29) is 0 Å². The van der Waals surface area contributed by atoms with Crippen LogP contribution in [0.25, 0.3) is 6.08 Å². The molecule has 0 spiro atoms. The van der Waals surface area contributed by atoms with Gasteiger partial charge in [0.2, 0.25) is 0 Å². The van der Waals surface area contributed by atoms with Crippen LogP contribution in [0.15, 0.2) is 30.3 Å². The fourth-order valence-corrected chi connectivity index (χ4v) is 1.30. The van der Waals surface area contributed by atoms with E-state index in [2.05, 4.69) is 29.2 Å². The third-order valence-electron chi connectivity index (χ3n) is 2.22. The van der Waals surface area contributed by atoms with Crippen LogP contribution in [0.3, 0.4) is 0 Å². The summed E-state index contributed by atoms with van der Waals surface area (Å²) in [6.45, 7) is 0. The molecule has 1 aromatic rings. The van der Waals surface area contributed by atoms with Crippen molar-refractivity contribution in [1.29, 1.82) is 0 Å². The van der Waals surface area contributed by atoms with Crippen molar-refractivity contribution >= 4 is 18.0 Å². The first kappa shape index (κ1) is 12.3. The summed E-state index contributed by atoms with van der Waals surface area (Å²) in [5.41, 5.74) is 2.33. The summed E-state index contributed by atoms with van der Waals surface area (Å²) >= 11 is 0. The smallest absolute Gasteiger partial charge is 0.154 e. The molecule has 0 aliphatic heterocycles. The Balaban J connectivity index is 2.58. The number of hydrogen-bond donors (Lipinski definition) is 0. The van der Waals surface area contributed by atoms with Gasteiger partial charge in [0, 0.05) is 26.2 Å². The molecule has 0 fully saturated rings. The van der Waals surface area contributed by atoms with Crippen molar-refractivity contribution in [3.05, 3.63) is 41.1 Å². The minimum Gasteiger partial charge on any atom is -0.624 e. The summed E-state index contributed by atoms with van der Waals surface area (Å²) < 4.78 is 0.819. The molecule has 0 aliphatic carbocycles. The minimum absolute atomic E-state index is 0.662. The maximum Gasteiger partial charge on any atom is 0.154 e. The Bertz CT molecular complexity index is 373. The predicted octanol–water partition coefficient (Wildman–Crippen LogP) is 2.37. The number of benzene rings is 1. The summed E-state index contributed by atoms with van der Waals surface area (Å²) in [6, 6.07) is 8.27.